The summed E-state index contributed by atoms with van der Waals surface area (Å²) in [5.74, 6) is 0.151. The van der Waals surface area contributed by atoms with E-state index >= 15 is 0 Å². The van der Waals surface area contributed by atoms with Crippen molar-refractivity contribution in [1.82, 2.24) is 9.55 Å². The van der Waals surface area contributed by atoms with Crippen LogP contribution in [-0.4, -0.2) is 15.5 Å². The molecule has 1 rings (SSSR count). The van der Waals surface area contributed by atoms with Gasteiger partial charge in [-0.05, 0) is 38.5 Å². The van der Waals surface area contributed by atoms with Crippen LogP contribution in [-0.2, 0) is 0 Å². The molecule has 1 aromatic heterocycles. The average Bonchev–Trinajstić information content (AvgIpc) is 3.13. The van der Waals surface area contributed by atoms with Gasteiger partial charge in [-0.15, -0.1) is 0 Å². The molecule has 0 bridgehead atoms. The van der Waals surface area contributed by atoms with Crippen LogP contribution >= 0.6 is 0 Å². The van der Waals surface area contributed by atoms with E-state index in [4.69, 9.17) is 0 Å². The Morgan fingerprint density at radius 3 is 2.25 bits per heavy atom. The maximum atomic E-state index is 11.7. The van der Waals surface area contributed by atoms with Crippen molar-refractivity contribution in [3.8, 4) is 0 Å². The molecule has 0 unspecified atom stereocenters. The molecule has 0 saturated heterocycles. The molecule has 0 saturated carbocycles. The molecule has 0 atom stereocenters. The molecule has 0 N–H and O–H groups in total. The van der Waals surface area contributed by atoms with Crippen molar-refractivity contribution < 1.29 is 4.79 Å². The molecule has 0 aliphatic heterocycles. The second kappa shape index (κ2) is 14.9. The van der Waals surface area contributed by atoms with Crippen LogP contribution in [0.15, 0.2) is 43.0 Å². The third-order valence-electron chi connectivity index (χ3n) is 4.13. The van der Waals surface area contributed by atoms with E-state index in [-0.39, 0.29) is 5.91 Å². The predicted octanol–water partition coefficient (Wildman–Crippen LogP) is 6.34. The van der Waals surface area contributed by atoms with Crippen molar-refractivity contribution in [1.29, 1.82) is 0 Å². The van der Waals surface area contributed by atoms with Crippen LogP contribution in [0.3, 0.4) is 0 Å². The highest BCUT2D eigenvalue weighted by Crippen LogP contribution is 2.09. The zero-order chi connectivity index (χ0) is 17.3. The molecule has 3 nitrogen and oxygen atoms in total. The lowest BCUT2D eigenvalue weighted by atomic mass is 10.1. The molecule has 0 aromatic carbocycles. The molecule has 1 aromatic rings. The number of carbonyl (C=O) groups excluding carboxylic acids is 1. The molecule has 0 fully saturated rings. The van der Waals surface area contributed by atoms with Gasteiger partial charge in [0.05, 0.1) is 0 Å². The first-order chi connectivity index (χ1) is 11.8. The predicted molar refractivity (Wildman–Crippen MR) is 102 cm³/mol. The molecule has 0 aliphatic carbocycles. The van der Waals surface area contributed by atoms with Crippen LogP contribution < -0.4 is 0 Å². The van der Waals surface area contributed by atoms with Crippen molar-refractivity contribution in [2.24, 2.45) is 0 Å². The molecule has 3 heteroatoms. The Hall–Kier alpha value is -1.64. The highest BCUT2D eigenvalue weighted by atomic mass is 16.2. The maximum absolute atomic E-state index is 11.7. The SMILES string of the molecule is CCCCC/C=C/C/C=C/CCCCCCCC(=O)n1ccnc1. The van der Waals surface area contributed by atoms with E-state index in [0.717, 1.165) is 19.3 Å². The van der Waals surface area contributed by atoms with Gasteiger partial charge in [-0.25, -0.2) is 4.98 Å². The molecule has 0 spiro atoms. The standard InChI is InChI=1S/C21H34N2O/c1-2-3-4-5-6-7-8-9-10-11-12-13-14-15-16-17-21(24)23-19-18-22-20-23/h6-7,9-10,18-20H,2-5,8,11-17H2,1H3/b7-6+,10-9+. The number of hydrogen-bond donors (Lipinski definition) is 0. The molecule has 0 radical (unpaired) electrons. The van der Waals surface area contributed by atoms with Gasteiger partial charge >= 0.3 is 0 Å². The van der Waals surface area contributed by atoms with Crippen LogP contribution in [0.4, 0.5) is 0 Å². The van der Waals surface area contributed by atoms with E-state index in [2.05, 4.69) is 36.2 Å². The monoisotopic (exact) mass is 330 g/mol. The van der Waals surface area contributed by atoms with Gasteiger partial charge in [0.15, 0.2) is 0 Å². The topological polar surface area (TPSA) is 34.9 Å². The van der Waals surface area contributed by atoms with Crippen molar-refractivity contribution in [3.05, 3.63) is 43.0 Å². The van der Waals surface area contributed by atoms with Gasteiger partial charge in [0, 0.05) is 18.8 Å². The number of hydrogen-bond acceptors (Lipinski definition) is 2. The summed E-state index contributed by atoms with van der Waals surface area (Å²) in [7, 11) is 0. The summed E-state index contributed by atoms with van der Waals surface area (Å²) in [6.07, 6.45) is 28.1. The Morgan fingerprint density at radius 1 is 0.917 bits per heavy atom. The zero-order valence-electron chi connectivity index (χ0n) is 15.3. The van der Waals surface area contributed by atoms with Crippen LogP contribution in [0.1, 0.15) is 88.8 Å². The molecule has 0 aliphatic rings. The largest absolute Gasteiger partial charge is 0.276 e. The average molecular weight is 331 g/mol. The fourth-order valence-electron chi connectivity index (χ4n) is 2.62. The number of rotatable bonds is 14. The number of nitrogens with zero attached hydrogens (tertiary/aromatic N) is 2. The Balaban J connectivity index is 1.85. The molecule has 1 heterocycles. The lowest BCUT2D eigenvalue weighted by Crippen LogP contribution is -2.07. The Bertz CT molecular complexity index is 460. The Labute approximate surface area is 147 Å². The minimum atomic E-state index is 0.151. The van der Waals surface area contributed by atoms with Gasteiger partial charge in [0.2, 0.25) is 5.91 Å². The first-order valence-electron chi connectivity index (χ1n) is 9.65. The molecule has 24 heavy (non-hydrogen) atoms. The van der Waals surface area contributed by atoms with Crippen LogP contribution in [0.5, 0.6) is 0 Å². The summed E-state index contributed by atoms with van der Waals surface area (Å²) in [5, 5.41) is 0. The van der Waals surface area contributed by atoms with E-state index in [9.17, 15) is 4.79 Å². The molecule has 134 valence electrons. The first kappa shape index (κ1) is 20.4. The number of unbranched alkanes of at least 4 members (excludes halogenated alkanes) is 8. The zero-order valence-corrected chi connectivity index (χ0v) is 15.3. The number of aromatic nitrogens is 2. The van der Waals surface area contributed by atoms with Gasteiger partial charge in [-0.1, -0.05) is 63.3 Å². The normalized spacial score (nSPS) is 11.7. The molecule has 0 amide bonds. The smallest absolute Gasteiger partial charge is 0.231 e. The van der Waals surface area contributed by atoms with E-state index in [1.807, 2.05) is 0 Å². The van der Waals surface area contributed by atoms with Crippen molar-refractivity contribution in [3.63, 3.8) is 0 Å². The molecular formula is C21H34N2O. The summed E-state index contributed by atoms with van der Waals surface area (Å²) in [5.41, 5.74) is 0. The molecular weight excluding hydrogens is 296 g/mol. The number of carbonyl (C=O) groups is 1. The summed E-state index contributed by atoms with van der Waals surface area (Å²) >= 11 is 0. The second-order valence-corrected chi connectivity index (χ2v) is 6.34. The van der Waals surface area contributed by atoms with Gasteiger partial charge in [0.25, 0.3) is 0 Å². The van der Waals surface area contributed by atoms with Crippen LogP contribution in [0, 0.1) is 0 Å². The third-order valence-corrected chi connectivity index (χ3v) is 4.13. The van der Waals surface area contributed by atoms with Crippen molar-refractivity contribution in [2.75, 3.05) is 0 Å². The number of imidazole rings is 1. The number of allylic oxidation sites excluding steroid dienone is 4. The van der Waals surface area contributed by atoms with Gasteiger partial charge in [-0.3, -0.25) is 9.36 Å². The highest BCUT2D eigenvalue weighted by Gasteiger charge is 2.02. The van der Waals surface area contributed by atoms with Crippen molar-refractivity contribution in [2.45, 2.75) is 84.0 Å². The van der Waals surface area contributed by atoms with E-state index < -0.39 is 0 Å². The summed E-state index contributed by atoms with van der Waals surface area (Å²) in [6, 6.07) is 0. The Morgan fingerprint density at radius 2 is 1.58 bits per heavy atom. The first-order valence-corrected chi connectivity index (χ1v) is 9.65. The minimum Gasteiger partial charge on any atom is -0.276 e. The second-order valence-electron chi connectivity index (χ2n) is 6.34. The Kier molecular flexibility index (Phi) is 12.7. The third kappa shape index (κ3) is 11.0. The van der Waals surface area contributed by atoms with Crippen LogP contribution in [0.2, 0.25) is 0 Å². The lowest BCUT2D eigenvalue weighted by molar-refractivity contribution is 0.0898. The summed E-state index contributed by atoms with van der Waals surface area (Å²) in [6.45, 7) is 2.24. The van der Waals surface area contributed by atoms with E-state index in [1.54, 1.807) is 23.3 Å². The van der Waals surface area contributed by atoms with Gasteiger partial charge < -0.3 is 0 Å². The summed E-state index contributed by atoms with van der Waals surface area (Å²) < 4.78 is 1.57. The van der Waals surface area contributed by atoms with Crippen molar-refractivity contribution >= 4 is 5.91 Å². The fourth-order valence-corrected chi connectivity index (χ4v) is 2.62. The van der Waals surface area contributed by atoms with Gasteiger partial charge in [0.1, 0.15) is 6.33 Å². The van der Waals surface area contributed by atoms with E-state index in [0.29, 0.717) is 6.42 Å². The summed E-state index contributed by atoms with van der Waals surface area (Å²) in [4.78, 5) is 15.6. The maximum Gasteiger partial charge on any atom is 0.231 e. The minimum absolute atomic E-state index is 0.151. The lowest BCUT2D eigenvalue weighted by Gasteiger charge is -2.01. The fraction of sp³-hybridized carbons (Fsp3) is 0.619. The van der Waals surface area contributed by atoms with Gasteiger partial charge in [-0.2, -0.15) is 0 Å². The quantitative estimate of drug-likeness (QED) is 0.295. The highest BCUT2D eigenvalue weighted by molar-refractivity contribution is 5.78. The van der Waals surface area contributed by atoms with E-state index in [1.165, 1.54) is 51.4 Å². The van der Waals surface area contributed by atoms with Crippen LogP contribution in [0.25, 0.3) is 0 Å².